The van der Waals surface area contributed by atoms with Crippen LogP contribution in [0.25, 0.3) is 10.8 Å². The van der Waals surface area contributed by atoms with Gasteiger partial charge in [0.05, 0.1) is 11.3 Å². The Morgan fingerprint density at radius 1 is 1.05 bits per heavy atom. The molecule has 1 aromatic heterocycles. The number of carbonyl (C=O) groups excluding carboxylic acids is 1. The van der Waals surface area contributed by atoms with Crippen LogP contribution in [0.1, 0.15) is 22.8 Å². The number of hydrogen-bond acceptors (Lipinski definition) is 3. The average molecular weight is 289 g/mol. The summed E-state index contributed by atoms with van der Waals surface area (Å²) < 4.78 is 0. The van der Waals surface area contributed by atoms with E-state index in [4.69, 9.17) is 0 Å². The van der Waals surface area contributed by atoms with Crippen molar-refractivity contribution in [2.75, 3.05) is 0 Å². The van der Waals surface area contributed by atoms with Crippen LogP contribution in [-0.2, 0) is 0 Å². The summed E-state index contributed by atoms with van der Waals surface area (Å²) in [6.45, 7) is 1.88. The van der Waals surface area contributed by atoms with Crippen molar-refractivity contribution >= 4 is 22.4 Å². The number of fused-ring (bicyclic) bond motifs is 1. The molecule has 0 saturated carbocycles. The van der Waals surface area contributed by atoms with E-state index in [1.54, 1.807) is 18.3 Å². The third-order valence-electron chi connectivity index (χ3n) is 3.43. The molecule has 0 fully saturated rings. The molecule has 0 atom stereocenters. The van der Waals surface area contributed by atoms with Gasteiger partial charge >= 0.3 is 0 Å². The van der Waals surface area contributed by atoms with Gasteiger partial charge in [-0.2, -0.15) is 5.10 Å². The lowest BCUT2D eigenvalue weighted by Gasteiger charge is -2.06. The summed E-state index contributed by atoms with van der Waals surface area (Å²) in [5.74, 6) is -0.271. The summed E-state index contributed by atoms with van der Waals surface area (Å²) >= 11 is 0. The van der Waals surface area contributed by atoms with Crippen molar-refractivity contribution in [3.63, 3.8) is 0 Å². The first-order chi connectivity index (χ1) is 10.8. The Labute approximate surface area is 128 Å². The van der Waals surface area contributed by atoms with Gasteiger partial charge in [0.1, 0.15) is 0 Å². The average Bonchev–Trinajstić information content (AvgIpc) is 2.59. The Balaban J connectivity index is 1.86. The molecule has 1 heterocycles. The van der Waals surface area contributed by atoms with Crippen LogP contribution in [-0.4, -0.2) is 16.6 Å². The van der Waals surface area contributed by atoms with Crippen LogP contribution in [0.4, 0.5) is 0 Å². The lowest BCUT2D eigenvalue weighted by atomic mass is 10.0. The number of benzene rings is 2. The Bertz CT molecular complexity index is 836. The number of carbonyl (C=O) groups is 1. The Kier molecular flexibility index (Phi) is 3.92. The quantitative estimate of drug-likeness (QED) is 0.593. The topological polar surface area (TPSA) is 54.4 Å². The fourth-order valence-corrected chi connectivity index (χ4v) is 2.30. The zero-order valence-corrected chi connectivity index (χ0v) is 12.2. The molecule has 4 nitrogen and oxygen atoms in total. The molecule has 108 valence electrons. The Morgan fingerprint density at radius 2 is 1.86 bits per heavy atom. The van der Waals surface area contributed by atoms with E-state index in [2.05, 4.69) is 27.6 Å². The first-order valence-electron chi connectivity index (χ1n) is 6.98. The summed E-state index contributed by atoms with van der Waals surface area (Å²) in [4.78, 5) is 15.9. The fourth-order valence-electron chi connectivity index (χ4n) is 2.30. The molecule has 0 aliphatic heterocycles. The van der Waals surface area contributed by atoms with Crippen molar-refractivity contribution in [1.29, 1.82) is 0 Å². The van der Waals surface area contributed by atoms with Crippen LogP contribution in [0, 0.1) is 0 Å². The molecule has 0 unspecified atom stereocenters. The van der Waals surface area contributed by atoms with E-state index in [0.29, 0.717) is 5.56 Å². The van der Waals surface area contributed by atoms with Crippen molar-refractivity contribution in [2.45, 2.75) is 6.92 Å². The number of pyridine rings is 1. The van der Waals surface area contributed by atoms with Crippen LogP contribution in [0.5, 0.6) is 0 Å². The maximum absolute atomic E-state index is 12.0. The fraction of sp³-hybridized carbons (Fsp3) is 0.0556. The normalized spacial score (nSPS) is 11.4. The van der Waals surface area contributed by atoms with Gasteiger partial charge in [-0.25, -0.2) is 5.43 Å². The molecular formula is C18H15N3O. The monoisotopic (exact) mass is 289 g/mol. The molecule has 1 N–H and O–H groups in total. The molecule has 0 bridgehead atoms. The third kappa shape index (κ3) is 2.86. The van der Waals surface area contributed by atoms with E-state index in [0.717, 1.165) is 22.0 Å². The van der Waals surface area contributed by atoms with Crippen LogP contribution < -0.4 is 5.43 Å². The summed E-state index contributed by atoms with van der Waals surface area (Å²) in [6.07, 6.45) is 3.14. The second-order valence-corrected chi connectivity index (χ2v) is 4.91. The highest BCUT2D eigenvalue weighted by Crippen LogP contribution is 2.19. The van der Waals surface area contributed by atoms with E-state index in [1.165, 1.54) is 6.20 Å². The van der Waals surface area contributed by atoms with Gasteiger partial charge in [-0.1, -0.05) is 42.5 Å². The molecule has 4 heteroatoms. The lowest BCUT2D eigenvalue weighted by Crippen LogP contribution is -2.19. The maximum atomic E-state index is 12.0. The smallest absolute Gasteiger partial charge is 0.267 e. The SMILES string of the molecule is C/C(=N/NC(=O)c1cccnc1)c1cccc2ccccc12. The zero-order valence-electron chi connectivity index (χ0n) is 12.2. The largest absolute Gasteiger partial charge is 0.272 e. The van der Waals surface area contributed by atoms with Crippen molar-refractivity contribution < 1.29 is 4.79 Å². The summed E-state index contributed by atoms with van der Waals surface area (Å²) in [5.41, 5.74) is 4.82. The van der Waals surface area contributed by atoms with Crippen molar-refractivity contribution in [3.8, 4) is 0 Å². The molecule has 0 saturated heterocycles. The summed E-state index contributed by atoms with van der Waals surface area (Å²) in [7, 11) is 0. The van der Waals surface area contributed by atoms with Gasteiger partial charge in [-0.05, 0) is 29.8 Å². The predicted molar refractivity (Wildman–Crippen MR) is 87.9 cm³/mol. The number of nitrogens with one attached hydrogen (secondary N) is 1. The van der Waals surface area contributed by atoms with Crippen LogP contribution in [0.2, 0.25) is 0 Å². The second-order valence-electron chi connectivity index (χ2n) is 4.91. The molecular weight excluding hydrogens is 274 g/mol. The minimum absolute atomic E-state index is 0.271. The highest BCUT2D eigenvalue weighted by atomic mass is 16.2. The van der Waals surface area contributed by atoms with Crippen LogP contribution in [0.15, 0.2) is 72.1 Å². The van der Waals surface area contributed by atoms with Crippen molar-refractivity contribution in [2.24, 2.45) is 5.10 Å². The molecule has 3 aromatic rings. The highest BCUT2D eigenvalue weighted by Gasteiger charge is 2.06. The van der Waals surface area contributed by atoms with Gasteiger partial charge in [0, 0.05) is 18.0 Å². The van der Waals surface area contributed by atoms with Gasteiger partial charge < -0.3 is 0 Å². The number of hydrazone groups is 1. The van der Waals surface area contributed by atoms with Gasteiger partial charge in [0.25, 0.3) is 5.91 Å². The standard InChI is InChI=1S/C18H15N3O/c1-13(20-21-18(22)15-8-5-11-19-12-15)16-10-4-7-14-6-2-3-9-17(14)16/h2-12H,1H3,(H,21,22)/b20-13-. The highest BCUT2D eigenvalue weighted by molar-refractivity contribution is 6.10. The van der Waals surface area contributed by atoms with E-state index in [9.17, 15) is 4.79 Å². The van der Waals surface area contributed by atoms with Crippen molar-refractivity contribution in [1.82, 2.24) is 10.4 Å². The van der Waals surface area contributed by atoms with E-state index in [-0.39, 0.29) is 5.91 Å². The van der Waals surface area contributed by atoms with E-state index in [1.807, 2.05) is 37.3 Å². The predicted octanol–water partition coefficient (Wildman–Crippen LogP) is 3.39. The van der Waals surface area contributed by atoms with Gasteiger partial charge in [-0.3, -0.25) is 9.78 Å². The van der Waals surface area contributed by atoms with E-state index < -0.39 is 0 Å². The van der Waals surface area contributed by atoms with Gasteiger partial charge in [-0.15, -0.1) is 0 Å². The first kappa shape index (κ1) is 13.9. The summed E-state index contributed by atoms with van der Waals surface area (Å²) in [5, 5.41) is 6.47. The van der Waals surface area contributed by atoms with Gasteiger partial charge in [0.15, 0.2) is 0 Å². The molecule has 0 aliphatic rings. The Morgan fingerprint density at radius 3 is 2.68 bits per heavy atom. The molecule has 22 heavy (non-hydrogen) atoms. The first-order valence-corrected chi connectivity index (χ1v) is 6.98. The number of aromatic nitrogens is 1. The number of amides is 1. The molecule has 0 aliphatic carbocycles. The maximum Gasteiger partial charge on any atom is 0.272 e. The molecule has 0 spiro atoms. The lowest BCUT2D eigenvalue weighted by molar-refractivity contribution is 0.0954. The van der Waals surface area contributed by atoms with E-state index >= 15 is 0 Å². The molecule has 1 amide bonds. The minimum atomic E-state index is -0.271. The minimum Gasteiger partial charge on any atom is -0.267 e. The number of hydrogen-bond donors (Lipinski definition) is 1. The summed E-state index contributed by atoms with van der Waals surface area (Å²) in [6, 6.07) is 17.6. The molecule has 2 aromatic carbocycles. The third-order valence-corrected chi connectivity index (χ3v) is 3.43. The van der Waals surface area contributed by atoms with Crippen LogP contribution in [0.3, 0.4) is 0 Å². The second kappa shape index (κ2) is 6.18. The van der Waals surface area contributed by atoms with Crippen LogP contribution >= 0.6 is 0 Å². The van der Waals surface area contributed by atoms with Crippen molar-refractivity contribution in [3.05, 3.63) is 78.1 Å². The number of rotatable bonds is 3. The molecule has 0 radical (unpaired) electrons. The molecule has 3 rings (SSSR count). The van der Waals surface area contributed by atoms with Gasteiger partial charge in [0.2, 0.25) is 0 Å². The zero-order chi connectivity index (χ0) is 15.4. The number of nitrogens with zero attached hydrogens (tertiary/aromatic N) is 2. The Hall–Kier alpha value is -3.01.